The highest BCUT2D eigenvalue weighted by atomic mass is 15.1. The number of aryl methyl sites for hydroxylation is 1. The smallest absolute Gasteiger partial charge is 0.153 e. The van der Waals surface area contributed by atoms with E-state index in [-0.39, 0.29) is 0 Å². The molecule has 0 spiro atoms. The van der Waals surface area contributed by atoms with Crippen molar-refractivity contribution >= 4 is 16.6 Å². The Labute approximate surface area is 109 Å². The van der Waals surface area contributed by atoms with Crippen LogP contribution in [0.25, 0.3) is 10.8 Å². The first-order valence-electron chi connectivity index (χ1n) is 6.66. The Hall–Kier alpha value is -1.64. The van der Waals surface area contributed by atoms with Gasteiger partial charge in [0.15, 0.2) is 5.82 Å². The van der Waals surface area contributed by atoms with Crippen LogP contribution in [0.4, 0.5) is 5.82 Å². The van der Waals surface area contributed by atoms with Crippen LogP contribution in [0.3, 0.4) is 0 Å². The zero-order valence-corrected chi connectivity index (χ0v) is 11.6. The molecule has 0 fully saturated rings. The summed E-state index contributed by atoms with van der Waals surface area (Å²) in [4.78, 5) is 0. The molecule has 2 N–H and O–H groups in total. The van der Waals surface area contributed by atoms with Gasteiger partial charge in [0.1, 0.15) is 0 Å². The highest BCUT2D eigenvalue weighted by Crippen LogP contribution is 2.17. The number of benzene rings is 1. The van der Waals surface area contributed by atoms with E-state index in [0.717, 1.165) is 10.8 Å². The van der Waals surface area contributed by atoms with Crippen LogP contribution in [-0.2, 0) is 0 Å². The van der Waals surface area contributed by atoms with Gasteiger partial charge in [-0.3, -0.25) is 0 Å². The van der Waals surface area contributed by atoms with Gasteiger partial charge in [-0.1, -0.05) is 57.2 Å². The van der Waals surface area contributed by atoms with Crippen LogP contribution in [0.5, 0.6) is 0 Å². The van der Waals surface area contributed by atoms with Gasteiger partial charge in [-0.15, -0.1) is 5.10 Å². The maximum absolute atomic E-state index is 5.63. The lowest BCUT2D eigenvalue weighted by Crippen LogP contribution is -1.93. The number of nitrogens with two attached hydrogens (primary N) is 1. The number of hydrogen-bond acceptors (Lipinski definition) is 3. The molecule has 0 aliphatic carbocycles. The fraction of sp³-hybridized carbons (Fsp3) is 0.467. The summed E-state index contributed by atoms with van der Waals surface area (Å²) in [5, 5.41) is 9.56. The highest BCUT2D eigenvalue weighted by Gasteiger charge is 1.97. The number of aromatic nitrogens is 2. The van der Waals surface area contributed by atoms with Gasteiger partial charge in [0.05, 0.1) is 6.20 Å². The predicted octanol–water partition coefficient (Wildman–Crippen LogP) is 4.11. The number of nitrogen functional groups attached to an aromatic ring is 1. The lowest BCUT2D eigenvalue weighted by molar-refractivity contribution is 0.702. The molecule has 2 rings (SSSR count). The second-order valence-corrected chi connectivity index (χ2v) is 4.53. The number of rotatable bonds is 3. The van der Waals surface area contributed by atoms with Crippen LogP contribution in [0.1, 0.15) is 45.1 Å². The normalized spacial score (nSPS) is 9.94. The van der Waals surface area contributed by atoms with E-state index in [1.165, 1.54) is 31.2 Å². The molecular weight excluding hydrogens is 222 g/mol. The van der Waals surface area contributed by atoms with Gasteiger partial charge in [0.25, 0.3) is 0 Å². The summed E-state index contributed by atoms with van der Waals surface area (Å²) in [6, 6.07) is 6.02. The summed E-state index contributed by atoms with van der Waals surface area (Å²) in [5.41, 5.74) is 6.84. The third kappa shape index (κ3) is 4.32. The van der Waals surface area contributed by atoms with Crippen molar-refractivity contribution in [1.82, 2.24) is 10.2 Å². The molecule has 0 aliphatic rings. The van der Waals surface area contributed by atoms with Crippen molar-refractivity contribution in [2.45, 2.75) is 46.5 Å². The maximum atomic E-state index is 5.63. The fourth-order valence-electron chi connectivity index (χ4n) is 1.73. The van der Waals surface area contributed by atoms with E-state index in [0.29, 0.717) is 5.82 Å². The summed E-state index contributed by atoms with van der Waals surface area (Å²) in [6.45, 7) is 6.50. The average Bonchev–Trinajstić information content (AvgIpc) is 2.37. The number of unbranched alkanes of at least 4 members (excludes halogenated alkanes) is 3. The summed E-state index contributed by atoms with van der Waals surface area (Å²) in [6.07, 6.45) is 7.26. The van der Waals surface area contributed by atoms with Crippen molar-refractivity contribution in [2.24, 2.45) is 0 Å². The lowest BCUT2D eigenvalue weighted by Gasteiger charge is -1.99. The average molecular weight is 245 g/mol. The maximum Gasteiger partial charge on any atom is 0.153 e. The van der Waals surface area contributed by atoms with E-state index in [1.807, 2.05) is 25.1 Å². The molecule has 1 aromatic heterocycles. The Balaban J connectivity index is 0.000000232. The number of hydrogen-bond donors (Lipinski definition) is 1. The Morgan fingerprint density at radius 2 is 1.78 bits per heavy atom. The number of nitrogens with zero attached hydrogens (tertiary/aromatic N) is 2. The fourth-order valence-corrected chi connectivity index (χ4v) is 1.73. The first-order valence-corrected chi connectivity index (χ1v) is 6.66. The van der Waals surface area contributed by atoms with Crippen molar-refractivity contribution in [3.05, 3.63) is 30.0 Å². The van der Waals surface area contributed by atoms with Crippen molar-refractivity contribution in [3.8, 4) is 0 Å². The molecule has 0 bridgehead atoms. The van der Waals surface area contributed by atoms with Gasteiger partial charge >= 0.3 is 0 Å². The first-order chi connectivity index (χ1) is 8.69. The highest BCUT2D eigenvalue weighted by molar-refractivity contribution is 5.90. The Kier molecular flexibility index (Phi) is 6.12. The zero-order valence-electron chi connectivity index (χ0n) is 11.6. The summed E-state index contributed by atoms with van der Waals surface area (Å²) in [7, 11) is 0. The van der Waals surface area contributed by atoms with Gasteiger partial charge in [-0.25, -0.2) is 0 Å². The molecule has 0 saturated heterocycles. The van der Waals surface area contributed by atoms with Crippen LogP contribution in [-0.4, -0.2) is 10.2 Å². The van der Waals surface area contributed by atoms with E-state index < -0.39 is 0 Å². The monoisotopic (exact) mass is 245 g/mol. The summed E-state index contributed by atoms with van der Waals surface area (Å²) < 4.78 is 0. The van der Waals surface area contributed by atoms with E-state index in [4.69, 9.17) is 5.73 Å². The third-order valence-corrected chi connectivity index (χ3v) is 2.80. The standard InChI is InChI=1S/C9H9N3.C6H14/c1-6-2-3-8-7(4-6)5-11-12-9(8)10;1-3-5-6-4-2/h2-5H,1H3,(H2,10,12);3-6H2,1-2H3. The molecule has 0 radical (unpaired) electrons. The van der Waals surface area contributed by atoms with Crippen molar-refractivity contribution in [3.63, 3.8) is 0 Å². The van der Waals surface area contributed by atoms with Crippen molar-refractivity contribution < 1.29 is 0 Å². The van der Waals surface area contributed by atoms with E-state index in [9.17, 15) is 0 Å². The predicted molar refractivity (Wildman–Crippen MR) is 78.5 cm³/mol. The molecule has 0 amide bonds. The van der Waals surface area contributed by atoms with Gasteiger partial charge in [-0.2, -0.15) is 5.10 Å². The van der Waals surface area contributed by atoms with Crippen molar-refractivity contribution in [2.75, 3.05) is 5.73 Å². The van der Waals surface area contributed by atoms with Gasteiger partial charge < -0.3 is 5.73 Å². The Morgan fingerprint density at radius 3 is 2.39 bits per heavy atom. The van der Waals surface area contributed by atoms with Crippen molar-refractivity contribution in [1.29, 1.82) is 0 Å². The van der Waals surface area contributed by atoms with E-state index in [1.54, 1.807) is 6.20 Å². The number of fused-ring (bicyclic) bond motifs is 1. The second kappa shape index (κ2) is 7.64. The SMILES string of the molecule is CCCCCC.Cc1ccc2c(N)nncc2c1. The summed E-state index contributed by atoms with van der Waals surface area (Å²) in [5.74, 6) is 0.493. The largest absolute Gasteiger partial charge is 0.382 e. The third-order valence-electron chi connectivity index (χ3n) is 2.80. The molecule has 1 aromatic carbocycles. The van der Waals surface area contributed by atoms with Crippen LogP contribution in [0.2, 0.25) is 0 Å². The molecule has 1 heterocycles. The molecule has 0 aliphatic heterocycles. The zero-order chi connectivity index (χ0) is 13.4. The Bertz CT molecular complexity index is 476. The topological polar surface area (TPSA) is 51.8 Å². The minimum absolute atomic E-state index is 0.493. The van der Waals surface area contributed by atoms with Gasteiger partial charge in [-0.05, 0) is 13.0 Å². The molecule has 18 heavy (non-hydrogen) atoms. The molecule has 0 unspecified atom stereocenters. The van der Waals surface area contributed by atoms with Crippen LogP contribution >= 0.6 is 0 Å². The molecule has 2 aromatic rings. The quantitative estimate of drug-likeness (QED) is 0.828. The molecule has 0 saturated carbocycles. The lowest BCUT2D eigenvalue weighted by atomic mass is 10.1. The van der Waals surface area contributed by atoms with Crippen LogP contribution in [0, 0.1) is 6.92 Å². The summed E-state index contributed by atoms with van der Waals surface area (Å²) >= 11 is 0. The Morgan fingerprint density at radius 1 is 1.11 bits per heavy atom. The molecule has 3 nitrogen and oxygen atoms in total. The van der Waals surface area contributed by atoms with Gasteiger partial charge in [0, 0.05) is 10.8 Å². The van der Waals surface area contributed by atoms with E-state index >= 15 is 0 Å². The number of anilines is 1. The first kappa shape index (κ1) is 14.4. The van der Waals surface area contributed by atoms with E-state index in [2.05, 4.69) is 24.0 Å². The molecule has 3 heteroatoms. The minimum atomic E-state index is 0.493. The molecular formula is C15H23N3. The molecule has 0 atom stereocenters. The van der Waals surface area contributed by atoms with Gasteiger partial charge in [0.2, 0.25) is 0 Å². The second-order valence-electron chi connectivity index (χ2n) is 4.53. The van der Waals surface area contributed by atoms with Crippen LogP contribution < -0.4 is 5.73 Å². The molecule has 98 valence electrons. The minimum Gasteiger partial charge on any atom is -0.382 e. The van der Waals surface area contributed by atoms with Crippen LogP contribution in [0.15, 0.2) is 24.4 Å².